The van der Waals surface area contributed by atoms with Crippen LogP contribution >= 0.6 is 0 Å². The van der Waals surface area contributed by atoms with Crippen LogP contribution in [0.2, 0.25) is 0 Å². The summed E-state index contributed by atoms with van der Waals surface area (Å²) in [6, 6.07) is 2.11. The molecule has 1 unspecified atom stereocenters. The van der Waals surface area contributed by atoms with Gasteiger partial charge >= 0.3 is 5.97 Å². The fourth-order valence-corrected chi connectivity index (χ4v) is 2.59. The first-order valence-corrected chi connectivity index (χ1v) is 7.02. The highest BCUT2D eigenvalue weighted by atomic mass is 16.4. The van der Waals surface area contributed by atoms with Crippen LogP contribution < -0.4 is 0 Å². The van der Waals surface area contributed by atoms with Crippen molar-refractivity contribution >= 4 is 11.9 Å². The summed E-state index contributed by atoms with van der Waals surface area (Å²) in [5, 5.41) is 13.2. The Balaban J connectivity index is 1.99. The summed E-state index contributed by atoms with van der Waals surface area (Å²) in [7, 11) is 1.61. The molecule has 0 bridgehead atoms. The fraction of sp³-hybridized carbons (Fsp3) is 0.643. The number of rotatable bonds is 5. The largest absolute Gasteiger partial charge is 0.481 e. The third-order valence-electron chi connectivity index (χ3n) is 3.84. The zero-order chi connectivity index (χ0) is 14.7. The van der Waals surface area contributed by atoms with Crippen LogP contribution in [0, 0.1) is 5.92 Å². The molecule has 1 N–H and O–H groups in total. The maximum absolute atomic E-state index is 12.2. The lowest BCUT2D eigenvalue weighted by atomic mass is 10.2. The van der Waals surface area contributed by atoms with Gasteiger partial charge in [-0.3, -0.25) is 14.3 Å². The van der Waals surface area contributed by atoms with Crippen molar-refractivity contribution in [1.82, 2.24) is 14.7 Å². The molecule has 1 aromatic heterocycles. The van der Waals surface area contributed by atoms with Crippen molar-refractivity contribution in [2.24, 2.45) is 5.92 Å². The molecule has 0 spiro atoms. The van der Waals surface area contributed by atoms with Crippen LogP contribution in [0.5, 0.6) is 0 Å². The van der Waals surface area contributed by atoms with E-state index >= 15 is 0 Å². The van der Waals surface area contributed by atoms with E-state index in [-0.39, 0.29) is 12.5 Å². The van der Waals surface area contributed by atoms with Crippen molar-refractivity contribution < 1.29 is 14.7 Å². The molecule has 0 aliphatic heterocycles. The molecular formula is C14H21N3O3. The van der Waals surface area contributed by atoms with E-state index in [0.717, 1.165) is 12.8 Å². The topological polar surface area (TPSA) is 75.4 Å². The molecule has 1 atom stereocenters. The van der Waals surface area contributed by atoms with Crippen molar-refractivity contribution in [3.8, 4) is 0 Å². The highest BCUT2D eigenvalue weighted by molar-refractivity contribution is 5.92. The Hall–Kier alpha value is -1.85. The number of carboxylic acids is 1. The lowest BCUT2D eigenvalue weighted by molar-refractivity contribution is -0.141. The van der Waals surface area contributed by atoms with E-state index in [2.05, 4.69) is 5.10 Å². The summed E-state index contributed by atoms with van der Waals surface area (Å²) in [4.78, 5) is 24.4. The van der Waals surface area contributed by atoms with Crippen molar-refractivity contribution in [3.63, 3.8) is 0 Å². The van der Waals surface area contributed by atoms with Crippen LogP contribution in [0.3, 0.4) is 0 Å². The van der Waals surface area contributed by atoms with Crippen LogP contribution in [0.15, 0.2) is 12.3 Å². The second-order valence-electron chi connectivity index (χ2n) is 5.54. The van der Waals surface area contributed by atoms with Crippen LogP contribution in [0.1, 0.15) is 49.1 Å². The zero-order valence-corrected chi connectivity index (χ0v) is 12.0. The Labute approximate surface area is 118 Å². The van der Waals surface area contributed by atoms with E-state index in [1.54, 1.807) is 20.0 Å². The Kier molecular flexibility index (Phi) is 4.42. The molecule has 0 saturated heterocycles. The van der Waals surface area contributed by atoms with Crippen LogP contribution in [0.25, 0.3) is 0 Å². The molecule has 0 aromatic carbocycles. The quantitative estimate of drug-likeness (QED) is 0.891. The number of carbonyl (C=O) groups excluding carboxylic acids is 1. The summed E-state index contributed by atoms with van der Waals surface area (Å²) in [6.07, 6.45) is 6.49. The van der Waals surface area contributed by atoms with Gasteiger partial charge in [0.05, 0.1) is 12.0 Å². The highest BCUT2D eigenvalue weighted by Gasteiger charge is 2.22. The van der Waals surface area contributed by atoms with Gasteiger partial charge in [0, 0.05) is 19.8 Å². The molecule has 2 rings (SSSR count). The van der Waals surface area contributed by atoms with Crippen molar-refractivity contribution in [2.75, 3.05) is 13.6 Å². The van der Waals surface area contributed by atoms with Crippen LogP contribution in [-0.4, -0.2) is 45.3 Å². The van der Waals surface area contributed by atoms with E-state index in [1.165, 1.54) is 17.7 Å². The number of amides is 1. The molecule has 0 radical (unpaired) electrons. The summed E-state index contributed by atoms with van der Waals surface area (Å²) < 4.78 is 1.87. The molecule has 20 heavy (non-hydrogen) atoms. The first-order valence-electron chi connectivity index (χ1n) is 7.02. The molecule has 1 saturated carbocycles. The standard InChI is InChI=1S/C14H21N3O3/c1-10(14(19)20)9-16(2)13(18)12-7-8-17(15-12)11-5-3-4-6-11/h7-8,10-11H,3-6,9H2,1-2H3,(H,19,20). The van der Waals surface area contributed by atoms with Crippen molar-refractivity contribution in [3.05, 3.63) is 18.0 Å². The van der Waals surface area contributed by atoms with Crippen molar-refractivity contribution in [1.29, 1.82) is 0 Å². The SMILES string of the molecule is CC(CN(C)C(=O)c1ccn(C2CCCC2)n1)C(=O)O. The summed E-state index contributed by atoms with van der Waals surface area (Å²) in [5.41, 5.74) is 0.386. The Morgan fingerprint density at radius 1 is 1.50 bits per heavy atom. The maximum Gasteiger partial charge on any atom is 0.308 e. The van der Waals surface area contributed by atoms with Crippen LogP contribution in [-0.2, 0) is 4.79 Å². The average Bonchev–Trinajstić information content (AvgIpc) is 3.07. The predicted molar refractivity (Wildman–Crippen MR) is 73.5 cm³/mol. The maximum atomic E-state index is 12.2. The van der Waals surface area contributed by atoms with Gasteiger partial charge in [-0.15, -0.1) is 0 Å². The van der Waals surface area contributed by atoms with Gasteiger partial charge in [0.2, 0.25) is 0 Å². The van der Waals surface area contributed by atoms with E-state index < -0.39 is 11.9 Å². The Morgan fingerprint density at radius 3 is 2.75 bits per heavy atom. The number of hydrogen-bond donors (Lipinski definition) is 1. The van der Waals surface area contributed by atoms with Gasteiger partial charge in [-0.25, -0.2) is 0 Å². The summed E-state index contributed by atoms with van der Waals surface area (Å²) in [5.74, 6) is -1.71. The van der Waals surface area contributed by atoms with Gasteiger partial charge in [-0.05, 0) is 18.9 Å². The van der Waals surface area contributed by atoms with E-state index in [1.807, 2.05) is 10.9 Å². The number of carboxylic acid groups (broad SMARTS) is 1. The minimum Gasteiger partial charge on any atom is -0.481 e. The molecule has 1 aromatic rings. The first-order chi connectivity index (χ1) is 9.49. The predicted octanol–water partition coefficient (Wildman–Crippen LogP) is 1.79. The molecule has 1 heterocycles. The van der Waals surface area contributed by atoms with Gasteiger partial charge in [-0.1, -0.05) is 19.8 Å². The minimum absolute atomic E-state index is 0.185. The van der Waals surface area contributed by atoms with Gasteiger partial charge in [0.25, 0.3) is 5.91 Å². The molecule has 1 fully saturated rings. The Morgan fingerprint density at radius 2 is 2.15 bits per heavy atom. The molecule has 6 nitrogen and oxygen atoms in total. The van der Waals surface area contributed by atoms with Gasteiger partial charge in [0.15, 0.2) is 0 Å². The smallest absolute Gasteiger partial charge is 0.308 e. The monoisotopic (exact) mass is 279 g/mol. The van der Waals surface area contributed by atoms with Gasteiger partial charge in [-0.2, -0.15) is 5.10 Å². The highest BCUT2D eigenvalue weighted by Crippen LogP contribution is 2.28. The summed E-state index contributed by atoms with van der Waals surface area (Å²) >= 11 is 0. The van der Waals surface area contributed by atoms with E-state index in [4.69, 9.17) is 5.11 Å². The zero-order valence-electron chi connectivity index (χ0n) is 12.0. The third kappa shape index (κ3) is 3.18. The van der Waals surface area contributed by atoms with Gasteiger partial charge < -0.3 is 10.0 Å². The van der Waals surface area contributed by atoms with E-state index in [0.29, 0.717) is 11.7 Å². The number of aliphatic carboxylic acids is 1. The first kappa shape index (κ1) is 14.6. The summed E-state index contributed by atoms with van der Waals surface area (Å²) in [6.45, 7) is 1.77. The number of carbonyl (C=O) groups is 2. The molecule has 110 valence electrons. The van der Waals surface area contributed by atoms with Gasteiger partial charge in [0.1, 0.15) is 5.69 Å². The molecular weight excluding hydrogens is 258 g/mol. The van der Waals surface area contributed by atoms with Crippen LogP contribution in [0.4, 0.5) is 0 Å². The lowest BCUT2D eigenvalue weighted by Gasteiger charge is -2.18. The second-order valence-corrected chi connectivity index (χ2v) is 5.54. The second kappa shape index (κ2) is 6.07. The molecule has 1 aliphatic carbocycles. The average molecular weight is 279 g/mol. The molecule has 6 heteroatoms. The van der Waals surface area contributed by atoms with E-state index in [9.17, 15) is 9.59 Å². The minimum atomic E-state index is -0.902. The van der Waals surface area contributed by atoms with Crippen molar-refractivity contribution in [2.45, 2.75) is 38.6 Å². The third-order valence-corrected chi connectivity index (χ3v) is 3.84. The number of hydrogen-bond acceptors (Lipinski definition) is 3. The normalized spacial score (nSPS) is 17.1. The lowest BCUT2D eigenvalue weighted by Crippen LogP contribution is -2.34. The molecule has 1 aliphatic rings. The molecule has 1 amide bonds. The number of aromatic nitrogens is 2. The number of nitrogens with zero attached hydrogens (tertiary/aromatic N) is 3. The Bertz CT molecular complexity index is 492. The fourth-order valence-electron chi connectivity index (χ4n) is 2.59.